The quantitative estimate of drug-likeness (QED) is 0.508. The Morgan fingerprint density at radius 3 is 2.19 bits per heavy atom. The lowest BCUT2D eigenvalue weighted by molar-refractivity contribution is -0.186. The van der Waals surface area contributed by atoms with Crippen LogP contribution in [0.3, 0.4) is 0 Å². The molecule has 0 aromatic carbocycles. The minimum Gasteiger partial charge on any atom is -0.469 e. The van der Waals surface area contributed by atoms with Crippen LogP contribution in [0.15, 0.2) is 0 Å². The monoisotopic (exact) mass is 313 g/mol. The second-order valence-corrected chi connectivity index (χ2v) is 4.95. The van der Waals surface area contributed by atoms with Crippen LogP contribution in [0.1, 0.15) is 27.2 Å². The second-order valence-electron chi connectivity index (χ2n) is 4.95. The topological polar surface area (TPSA) is 55.8 Å². The highest BCUT2D eigenvalue weighted by Gasteiger charge is 2.42. The lowest BCUT2D eigenvalue weighted by Gasteiger charge is -2.26. The summed E-state index contributed by atoms with van der Waals surface area (Å²) in [5.74, 6) is -3.44. The molecule has 124 valence electrons. The summed E-state index contributed by atoms with van der Waals surface area (Å²) in [6.45, 7) is 4.79. The van der Waals surface area contributed by atoms with Crippen molar-refractivity contribution >= 4 is 11.9 Å². The van der Waals surface area contributed by atoms with Crippen molar-refractivity contribution < 1.29 is 32.2 Å². The first-order valence-electron chi connectivity index (χ1n) is 6.65. The van der Waals surface area contributed by atoms with Crippen LogP contribution in [-0.2, 0) is 19.1 Å². The Balaban J connectivity index is 4.63. The van der Waals surface area contributed by atoms with E-state index in [1.54, 1.807) is 13.8 Å². The van der Waals surface area contributed by atoms with E-state index >= 15 is 0 Å². The van der Waals surface area contributed by atoms with Crippen LogP contribution >= 0.6 is 0 Å². The number of hydrogen-bond acceptors (Lipinski definition) is 4. The maximum atomic E-state index is 12.5. The molecule has 1 amide bonds. The molecule has 0 N–H and O–H groups in total. The van der Waals surface area contributed by atoms with Crippen LogP contribution in [0.25, 0.3) is 0 Å². The number of alkyl halides is 3. The fraction of sp³-hybridized carbons (Fsp3) is 0.846. The highest BCUT2D eigenvalue weighted by molar-refractivity contribution is 5.82. The number of methoxy groups -OCH3 is 1. The lowest BCUT2D eigenvalue weighted by atomic mass is 10.1. The molecule has 0 rings (SSSR count). The Labute approximate surface area is 122 Å². The highest BCUT2D eigenvalue weighted by atomic mass is 19.4. The summed E-state index contributed by atoms with van der Waals surface area (Å²) in [4.78, 5) is 23.2. The van der Waals surface area contributed by atoms with Crippen molar-refractivity contribution in [3.63, 3.8) is 0 Å². The second kappa shape index (κ2) is 8.86. The molecule has 21 heavy (non-hydrogen) atoms. The average molecular weight is 313 g/mol. The molecular weight excluding hydrogens is 291 g/mol. The van der Waals surface area contributed by atoms with Crippen molar-refractivity contribution in [1.82, 2.24) is 4.90 Å². The third kappa shape index (κ3) is 7.89. The summed E-state index contributed by atoms with van der Waals surface area (Å²) < 4.78 is 47.3. The van der Waals surface area contributed by atoms with Crippen molar-refractivity contribution in [2.75, 3.05) is 26.8 Å². The van der Waals surface area contributed by atoms with Gasteiger partial charge in [-0.1, -0.05) is 6.92 Å². The van der Waals surface area contributed by atoms with E-state index in [2.05, 4.69) is 4.74 Å². The lowest BCUT2D eigenvalue weighted by Crippen LogP contribution is -2.45. The zero-order valence-electron chi connectivity index (χ0n) is 12.7. The summed E-state index contributed by atoms with van der Waals surface area (Å²) in [7, 11) is 1.14. The predicted octanol–water partition coefficient (Wildman–Crippen LogP) is 2.00. The van der Waals surface area contributed by atoms with Crippen molar-refractivity contribution in [2.45, 2.75) is 39.5 Å². The molecular formula is C13H22F3NO4. The molecule has 0 aliphatic heterocycles. The number of halogens is 3. The molecule has 5 nitrogen and oxygen atoms in total. The smallest absolute Gasteiger partial charge is 0.469 e. The third-order valence-electron chi connectivity index (χ3n) is 2.65. The van der Waals surface area contributed by atoms with Crippen molar-refractivity contribution in [2.24, 2.45) is 5.92 Å². The van der Waals surface area contributed by atoms with Gasteiger partial charge in [-0.25, -0.2) is 0 Å². The standard InChI is InChI=1S/C13H22F3NO4/c1-9(2)21-7-5-6-17(12(19)13(14,15)16)8-10(3)11(18)20-4/h9-10H,5-8H2,1-4H3. The summed E-state index contributed by atoms with van der Waals surface area (Å²) >= 11 is 0. The highest BCUT2D eigenvalue weighted by Crippen LogP contribution is 2.19. The van der Waals surface area contributed by atoms with Crippen LogP contribution in [0.4, 0.5) is 13.2 Å². The molecule has 0 aromatic heterocycles. The van der Waals surface area contributed by atoms with Gasteiger partial charge < -0.3 is 14.4 Å². The van der Waals surface area contributed by atoms with Gasteiger partial charge in [0.1, 0.15) is 0 Å². The molecule has 0 saturated heterocycles. The normalized spacial score (nSPS) is 13.1. The Morgan fingerprint density at radius 1 is 1.19 bits per heavy atom. The van der Waals surface area contributed by atoms with Gasteiger partial charge in [0.15, 0.2) is 0 Å². The Hall–Kier alpha value is -1.31. The maximum absolute atomic E-state index is 12.5. The summed E-state index contributed by atoms with van der Waals surface area (Å²) in [5.41, 5.74) is 0. The van der Waals surface area contributed by atoms with Crippen LogP contribution < -0.4 is 0 Å². The van der Waals surface area contributed by atoms with E-state index in [4.69, 9.17) is 4.74 Å². The first-order valence-corrected chi connectivity index (χ1v) is 6.65. The summed E-state index contributed by atoms with van der Waals surface area (Å²) in [6.07, 6.45) is -4.74. The van der Waals surface area contributed by atoms with Crippen LogP contribution in [-0.4, -0.2) is 55.9 Å². The van der Waals surface area contributed by atoms with Crippen molar-refractivity contribution in [3.05, 3.63) is 0 Å². The molecule has 0 fully saturated rings. The third-order valence-corrected chi connectivity index (χ3v) is 2.65. The van der Waals surface area contributed by atoms with Crippen LogP contribution in [0, 0.1) is 5.92 Å². The molecule has 1 atom stereocenters. The van der Waals surface area contributed by atoms with E-state index in [-0.39, 0.29) is 32.2 Å². The minimum atomic E-state index is -4.96. The molecule has 8 heteroatoms. The van der Waals surface area contributed by atoms with Gasteiger partial charge in [0.2, 0.25) is 0 Å². The number of amides is 1. The SMILES string of the molecule is COC(=O)C(C)CN(CCCOC(C)C)C(=O)C(F)(F)F. The van der Waals surface area contributed by atoms with Crippen molar-refractivity contribution in [1.29, 1.82) is 0 Å². The van der Waals surface area contributed by atoms with Crippen LogP contribution in [0.5, 0.6) is 0 Å². The first kappa shape index (κ1) is 19.7. The maximum Gasteiger partial charge on any atom is 0.471 e. The number of esters is 1. The first-order chi connectivity index (χ1) is 9.59. The Bertz CT molecular complexity index is 345. The Morgan fingerprint density at radius 2 is 1.76 bits per heavy atom. The van der Waals surface area contributed by atoms with Gasteiger partial charge in [-0.15, -0.1) is 0 Å². The average Bonchev–Trinajstić information content (AvgIpc) is 2.38. The molecule has 0 heterocycles. The molecule has 0 saturated carbocycles. The Kier molecular flexibility index (Phi) is 8.31. The number of carbonyl (C=O) groups is 2. The molecule has 0 aliphatic carbocycles. The van der Waals surface area contributed by atoms with Gasteiger partial charge >= 0.3 is 18.1 Å². The fourth-order valence-electron chi connectivity index (χ4n) is 1.64. The van der Waals surface area contributed by atoms with Gasteiger partial charge in [0.05, 0.1) is 19.1 Å². The van der Waals surface area contributed by atoms with E-state index in [9.17, 15) is 22.8 Å². The van der Waals surface area contributed by atoms with Gasteiger partial charge in [-0.2, -0.15) is 13.2 Å². The number of rotatable bonds is 8. The van der Waals surface area contributed by atoms with E-state index in [0.717, 1.165) is 7.11 Å². The minimum absolute atomic E-state index is 0.0363. The number of ether oxygens (including phenoxy) is 2. The zero-order valence-corrected chi connectivity index (χ0v) is 12.7. The summed E-state index contributed by atoms with van der Waals surface area (Å²) in [5, 5.41) is 0. The largest absolute Gasteiger partial charge is 0.471 e. The van der Waals surface area contributed by atoms with Gasteiger partial charge in [-0.05, 0) is 20.3 Å². The van der Waals surface area contributed by atoms with E-state index in [1.165, 1.54) is 6.92 Å². The molecule has 0 bridgehead atoms. The van der Waals surface area contributed by atoms with Crippen molar-refractivity contribution in [3.8, 4) is 0 Å². The fourth-order valence-corrected chi connectivity index (χ4v) is 1.64. The number of hydrogen-bond donors (Lipinski definition) is 0. The van der Waals surface area contributed by atoms with Gasteiger partial charge in [0, 0.05) is 19.7 Å². The molecule has 1 unspecified atom stereocenters. The van der Waals surface area contributed by atoms with Gasteiger partial charge in [-0.3, -0.25) is 9.59 Å². The molecule has 0 radical (unpaired) electrons. The predicted molar refractivity (Wildman–Crippen MR) is 69.5 cm³/mol. The molecule has 0 spiro atoms. The van der Waals surface area contributed by atoms with E-state index < -0.39 is 24.0 Å². The number of carbonyl (C=O) groups excluding carboxylic acids is 2. The molecule has 0 aliphatic rings. The van der Waals surface area contributed by atoms with Crippen LogP contribution in [0.2, 0.25) is 0 Å². The molecule has 0 aromatic rings. The zero-order chi connectivity index (χ0) is 16.6. The van der Waals surface area contributed by atoms with E-state index in [1.807, 2.05) is 0 Å². The van der Waals surface area contributed by atoms with Gasteiger partial charge in [0.25, 0.3) is 0 Å². The summed E-state index contributed by atoms with van der Waals surface area (Å²) in [6, 6.07) is 0. The number of nitrogens with zero attached hydrogens (tertiary/aromatic N) is 1. The van der Waals surface area contributed by atoms with E-state index in [0.29, 0.717) is 4.90 Å².